The number of thioether (sulfide) groups is 1. The summed E-state index contributed by atoms with van der Waals surface area (Å²) in [6.45, 7) is 3.76. The van der Waals surface area contributed by atoms with E-state index in [9.17, 15) is 14.4 Å². The summed E-state index contributed by atoms with van der Waals surface area (Å²) in [5.74, 6) is -0.674. The normalized spacial score (nSPS) is 15.3. The summed E-state index contributed by atoms with van der Waals surface area (Å²) < 4.78 is 0.218. The minimum Gasteiger partial charge on any atom is -0.322 e. The summed E-state index contributed by atoms with van der Waals surface area (Å²) >= 11 is 3.94. The molecule has 0 aromatic heterocycles. The fourth-order valence-corrected chi connectivity index (χ4v) is 3.40. The van der Waals surface area contributed by atoms with E-state index in [0.29, 0.717) is 16.2 Å². The zero-order valence-electron chi connectivity index (χ0n) is 14.1. The van der Waals surface area contributed by atoms with Crippen LogP contribution in [0.2, 0.25) is 0 Å². The molecule has 3 rings (SSSR count). The second kappa shape index (κ2) is 8.37. The molecular formula is C20H15BrN2O3S. The van der Waals surface area contributed by atoms with Crippen LogP contribution in [-0.4, -0.2) is 22.0 Å². The van der Waals surface area contributed by atoms with E-state index in [-0.39, 0.29) is 28.1 Å². The van der Waals surface area contributed by atoms with E-state index in [0.717, 1.165) is 17.3 Å². The van der Waals surface area contributed by atoms with E-state index in [4.69, 9.17) is 0 Å². The van der Waals surface area contributed by atoms with Crippen molar-refractivity contribution in [3.63, 3.8) is 0 Å². The Kier molecular flexibility index (Phi) is 5.93. The lowest BCUT2D eigenvalue weighted by atomic mass is 10.1. The van der Waals surface area contributed by atoms with Crippen LogP contribution in [0.1, 0.15) is 11.1 Å². The molecule has 5 nitrogen and oxygen atoms in total. The Bertz CT molecular complexity index is 957. The molecule has 1 heterocycles. The molecular weight excluding hydrogens is 428 g/mol. The summed E-state index contributed by atoms with van der Waals surface area (Å²) in [6.07, 6.45) is 1.65. The standard InChI is InChI=1S/C20H15BrN2O3S/c1-13(21)18(24)22-16-9-5-8-15(10-16)11-17-19(25)23(20(26)27-17)12-14-6-3-2-4-7-14/h2-11H,1,12H2,(H,22,24)/b17-11-. The van der Waals surface area contributed by atoms with Gasteiger partial charge in [-0.3, -0.25) is 19.3 Å². The number of hydrogen-bond donors (Lipinski definition) is 1. The van der Waals surface area contributed by atoms with Crippen LogP contribution in [0.15, 0.2) is 70.6 Å². The quantitative estimate of drug-likeness (QED) is 0.677. The Balaban J connectivity index is 1.77. The Morgan fingerprint density at radius 2 is 1.89 bits per heavy atom. The minimum atomic E-state index is -0.352. The highest BCUT2D eigenvalue weighted by Crippen LogP contribution is 2.33. The van der Waals surface area contributed by atoms with Gasteiger partial charge in [0, 0.05) is 5.69 Å². The molecule has 27 heavy (non-hydrogen) atoms. The van der Waals surface area contributed by atoms with E-state index in [1.54, 1.807) is 30.3 Å². The molecule has 1 aliphatic rings. The minimum absolute atomic E-state index is 0.218. The van der Waals surface area contributed by atoms with Gasteiger partial charge < -0.3 is 5.32 Å². The molecule has 2 aromatic carbocycles. The third-order valence-electron chi connectivity index (χ3n) is 3.75. The van der Waals surface area contributed by atoms with Crippen LogP contribution >= 0.6 is 27.7 Å². The molecule has 0 spiro atoms. The van der Waals surface area contributed by atoms with Crippen molar-refractivity contribution in [3.8, 4) is 0 Å². The first-order valence-corrected chi connectivity index (χ1v) is 9.60. The predicted octanol–water partition coefficient (Wildman–Crippen LogP) is 4.77. The second-order valence-corrected chi connectivity index (χ2v) is 7.69. The highest BCUT2D eigenvalue weighted by Gasteiger charge is 2.34. The van der Waals surface area contributed by atoms with Crippen LogP contribution in [-0.2, 0) is 16.1 Å². The maximum Gasteiger partial charge on any atom is 0.293 e. The highest BCUT2D eigenvalue weighted by molar-refractivity contribution is 9.12. The first kappa shape index (κ1) is 19.1. The summed E-state index contributed by atoms with van der Waals surface area (Å²) in [7, 11) is 0. The molecule has 3 amide bonds. The van der Waals surface area contributed by atoms with E-state index >= 15 is 0 Å². The Morgan fingerprint density at radius 1 is 1.15 bits per heavy atom. The van der Waals surface area contributed by atoms with Crippen molar-refractivity contribution < 1.29 is 14.4 Å². The molecule has 7 heteroatoms. The van der Waals surface area contributed by atoms with Gasteiger partial charge in [0.2, 0.25) is 0 Å². The fourth-order valence-electron chi connectivity index (χ4n) is 2.46. The highest BCUT2D eigenvalue weighted by atomic mass is 79.9. The SMILES string of the molecule is C=C(Br)C(=O)Nc1cccc(/C=C2\SC(=O)N(Cc3ccccc3)C2=O)c1. The van der Waals surface area contributed by atoms with Gasteiger partial charge in [0.15, 0.2) is 0 Å². The van der Waals surface area contributed by atoms with E-state index < -0.39 is 0 Å². The van der Waals surface area contributed by atoms with Crippen LogP contribution in [0.25, 0.3) is 6.08 Å². The van der Waals surface area contributed by atoms with Gasteiger partial charge in [-0.25, -0.2) is 0 Å². The topological polar surface area (TPSA) is 66.5 Å². The van der Waals surface area contributed by atoms with E-state index in [2.05, 4.69) is 27.8 Å². The molecule has 1 saturated heterocycles. The number of nitrogens with zero attached hydrogens (tertiary/aromatic N) is 1. The van der Waals surface area contributed by atoms with Gasteiger partial charge in [0.25, 0.3) is 17.1 Å². The summed E-state index contributed by atoms with van der Waals surface area (Å²) in [5.41, 5.74) is 2.16. The van der Waals surface area contributed by atoms with Gasteiger partial charge in [0.1, 0.15) is 0 Å². The van der Waals surface area contributed by atoms with Crippen LogP contribution < -0.4 is 5.32 Å². The maximum atomic E-state index is 12.6. The number of imide groups is 1. The number of hydrogen-bond acceptors (Lipinski definition) is 4. The molecule has 0 unspecified atom stereocenters. The number of halogens is 1. The monoisotopic (exact) mass is 442 g/mol. The van der Waals surface area contributed by atoms with Gasteiger partial charge in [-0.1, -0.05) is 49.0 Å². The molecule has 1 aliphatic heterocycles. The van der Waals surface area contributed by atoms with Gasteiger partial charge in [-0.05, 0) is 57.0 Å². The molecule has 1 fully saturated rings. The molecule has 0 bridgehead atoms. The number of anilines is 1. The molecule has 0 radical (unpaired) electrons. The molecule has 0 aliphatic carbocycles. The van der Waals surface area contributed by atoms with Gasteiger partial charge in [0.05, 0.1) is 15.9 Å². The second-order valence-electron chi connectivity index (χ2n) is 5.74. The van der Waals surface area contributed by atoms with Crippen molar-refractivity contribution in [2.24, 2.45) is 0 Å². The maximum absolute atomic E-state index is 12.6. The first-order chi connectivity index (χ1) is 12.9. The predicted molar refractivity (Wildman–Crippen MR) is 111 cm³/mol. The molecule has 2 aromatic rings. The van der Waals surface area contributed by atoms with Gasteiger partial charge >= 0.3 is 0 Å². The first-order valence-electron chi connectivity index (χ1n) is 7.99. The molecule has 1 N–H and O–H groups in total. The lowest BCUT2D eigenvalue weighted by Crippen LogP contribution is -2.27. The number of amides is 3. The average Bonchev–Trinajstić information content (AvgIpc) is 2.90. The van der Waals surface area contributed by atoms with Crippen molar-refractivity contribution in [2.75, 3.05) is 5.32 Å². The number of carbonyl (C=O) groups excluding carboxylic acids is 3. The van der Waals surface area contributed by atoms with E-state index in [1.807, 2.05) is 30.3 Å². The Hall–Kier alpha value is -2.64. The number of carbonyl (C=O) groups is 3. The summed E-state index contributed by atoms with van der Waals surface area (Å²) in [4.78, 5) is 38.1. The van der Waals surface area contributed by atoms with Crippen molar-refractivity contribution in [1.82, 2.24) is 4.90 Å². The Morgan fingerprint density at radius 3 is 2.59 bits per heavy atom. The van der Waals surface area contributed by atoms with Crippen molar-refractivity contribution in [1.29, 1.82) is 0 Å². The van der Waals surface area contributed by atoms with Crippen LogP contribution in [0.5, 0.6) is 0 Å². The third kappa shape index (κ3) is 4.75. The van der Waals surface area contributed by atoms with Crippen LogP contribution in [0.3, 0.4) is 0 Å². The molecule has 0 atom stereocenters. The Labute approximate surface area is 169 Å². The smallest absolute Gasteiger partial charge is 0.293 e. The fraction of sp³-hybridized carbons (Fsp3) is 0.0500. The molecule has 136 valence electrons. The van der Waals surface area contributed by atoms with E-state index in [1.165, 1.54) is 4.90 Å². The average molecular weight is 443 g/mol. The number of nitrogens with one attached hydrogen (secondary N) is 1. The van der Waals surface area contributed by atoms with Crippen molar-refractivity contribution >= 4 is 56.5 Å². The van der Waals surface area contributed by atoms with Crippen LogP contribution in [0, 0.1) is 0 Å². The number of rotatable bonds is 5. The van der Waals surface area contributed by atoms with Crippen molar-refractivity contribution in [2.45, 2.75) is 6.54 Å². The third-order valence-corrected chi connectivity index (χ3v) is 5.01. The zero-order valence-corrected chi connectivity index (χ0v) is 16.5. The van der Waals surface area contributed by atoms with Gasteiger partial charge in [-0.15, -0.1) is 0 Å². The number of benzene rings is 2. The van der Waals surface area contributed by atoms with Crippen molar-refractivity contribution in [3.05, 3.63) is 81.7 Å². The lowest BCUT2D eigenvalue weighted by molar-refractivity contribution is -0.123. The zero-order chi connectivity index (χ0) is 19.4. The molecule has 0 saturated carbocycles. The van der Waals surface area contributed by atoms with Crippen LogP contribution in [0.4, 0.5) is 10.5 Å². The lowest BCUT2D eigenvalue weighted by Gasteiger charge is -2.12. The summed E-state index contributed by atoms with van der Waals surface area (Å²) in [6, 6.07) is 16.4. The largest absolute Gasteiger partial charge is 0.322 e. The summed E-state index contributed by atoms with van der Waals surface area (Å²) in [5, 5.41) is 2.39. The van der Waals surface area contributed by atoms with Gasteiger partial charge in [-0.2, -0.15) is 0 Å².